The molecule has 3 heterocycles. The molecule has 74 heavy (non-hydrogen) atoms. The van der Waals surface area contributed by atoms with Crippen LogP contribution in [0.5, 0.6) is 11.5 Å². The van der Waals surface area contributed by atoms with Gasteiger partial charge in [0.25, 0.3) is 0 Å². The third-order valence-corrected chi connectivity index (χ3v) is 16.4. The van der Waals surface area contributed by atoms with Crippen molar-refractivity contribution in [3.8, 4) is 56.4 Å². The molecule has 10 aromatic rings. The maximum Gasteiger partial charge on any atom is 0.244 e. The molecule has 0 unspecified atom stereocenters. The number of para-hydroxylation sites is 2. The zero-order valence-electron chi connectivity index (χ0n) is 53.6. The Morgan fingerprint density at radius 2 is 1.15 bits per heavy atom. The van der Waals surface area contributed by atoms with Gasteiger partial charge in [-0.25, -0.2) is 4.98 Å². The van der Waals surface area contributed by atoms with Crippen molar-refractivity contribution in [1.82, 2.24) is 14.1 Å². The summed E-state index contributed by atoms with van der Waals surface area (Å²) in [5.74, 6) is 1.86. The molecule has 372 valence electrons. The van der Waals surface area contributed by atoms with Gasteiger partial charge in [-0.2, -0.15) is 0 Å². The van der Waals surface area contributed by atoms with Gasteiger partial charge >= 0.3 is 0 Å². The molecule has 0 amide bonds. The molecule has 0 saturated heterocycles. The number of imidazole rings is 1. The molecule has 0 spiro atoms. The molecule has 7 aromatic carbocycles. The summed E-state index contributed by atoms with van der Waals surface area (Å²) in [7, 11) is 0. The standard InChI is InChI=1S/C69H70N4O/c1-65(2,3)46-32-37-70-62(40-46)73-59-24-14-13-20-52(59)53-29-28-49(42-61(53)73)74-48-19-15-18-47(41-48)72-43-71(12)64-54(23-17-25-60(64)72)63-50(44-26-30-55-57(38-44)68(8,9)35-33-66(55,4)5)21-16-22-51(63)45-27-31-56-58(39-45)69(10,11)36-34-67(56,6)7/h13-32,37-42H,33-36H2,1-12H3/i12D3,26D,27D,30D,31D,38D,39D. The van der Waals surface area contributed by atoms with Crippen molar-refractivity contribution in [3.63, 3.8) is 0 Å². The summed E-state index contributed by atoms with van der Waals surface area (Å²) in [5, 5.41) is 2.13. The Balaban J connectivity index is 1.08. The third kappa shape index (κ3) is 7.88. The highest BCUT2D eigenvalue weighted by Crippen LogP contribution is 2.51. The Bertz CT molecular complexity index is 4250. The Morgan fingerprint density at radius 1 is 0.581 bits per heavy atom. The monoisotopic (exact) mass is 980 g/mol. The minimum Gasteiger partial charge on any atom is -0.458 e. The van der Waals surface area contributed by atoms with Crippen molar-refractivity contribution in [2.45, 2.75) is 129 Å². The maximum absolute atomic E-state index is 10.2. The summed E-state index contributed by atoms with van der Waals surface area (Å²) in [5.41, 5.74) is 7.03. The van der Waals surface area contributed by atoms with E-state index < -0.39 is 28.6 Å². The van der Waals surface area contributed by atoms with E-state index in [1.807, 2.05) is 85.1 Å². The van der Waals surface area contributed by atoms with Gasteiger partial charge < -0.3 is 13.9 Å². The predicted octanol–water partition coefficient (Wildman–Crippen LogP) is 17.5. The van der Waals surface area contributed by atoms with E-state index in [4.69, 9.17) is 13.8 Å². The lowest BCUT2D eigenvalue weighted by molar-refractivity contribution is -0.649. The molecule has 5 heteroatoms. The first-order valence-electron chi connectivity index (χ1n) is 30.6. The lowest BCUT2D eigenvalue weighted by Gasteiger charge is -2.42. The van der Waals surface area contributed by atoms with Crippen LogP contribution in [0.15, 0.2) is 158 Å². The Hall–Kier alpha value is -7.24. The minimum atomic E-state index is -2.80. The molecule has 2 aliphatic carbocycles. The fraction of sp³-hybridized carbons (Fsp3) is 0.304. The van der Waals surface area contributed by atoms with Crippen LogP contribution in [0.3, 0.4) is 0 Å². The first kappa shape index (κ1) is 38.4. The molecule has 0 fully saturated rings. The van der Waals surface area contributed by atoms with Crippen LogP contribution in [0, 0.1) is 6.33 Å². The zero-order valence-corrected chi connectivity index (χ0v) is 44.6. The summed E-state index contributed by atoms with van der Waals surface area (Å²) in [6, 6.07) is 36.9. The molecule has 0 saturated carbocycles. The largest absolute Gasteiger partial charge is 0.458 e. The first-order chi connectivity index (χ1) is 38.9. The lowest BCUT2D eigenvalue weighted by atomic mass is 9.62. The molecular weight excluding hydrogens is 901 g/mol. The van der Waals surface area contributed by atoms with Crippen LogP contribution < -0.4 is 9.30 Å². The Kier molecular flexibility index (Phi) is 8.76. The summed E-state index contributed by atoms with van der Waals surface area (Å²) in [6.45, 7) is 20.5. The fourth-order valence-electron chi connectivity index (χ4n) is 11.8. The average Bonchev–Trinajstić information content (AvgIpc) is 2.18. The molecule has 12 rings (SSSR count). The number of fused-ring (bicyclic) bond motifs is 6. The number of nitrogens with zero attached hydrogens (tertiary/aromatic N) is 4. The van der Waals surface area contributed by atoms with E-state index in [2.05, 4.69) is 117 Å². The quantitative estimate of drug-likeness (QED) is 0.118. The number of hydrogen-bond donors (Lipinski definition) is 0. The Morgan fingerprint density at radius 3 is 1.80 bits per heavy atom. The summed E-state index contributed by atoms with van der Waals surface area (Å²) in [6.07, 6.45) is 8.17. The van der Waals surface area contributed by atoms with Crippen molar-refractivity contribution < 1.29 is 21.6 Å². The van der Waals surface area contributed by atoms with Crippen LogP contribution in [0.4, 0.5) is 0 Å². The molecule has 5 nitrogen and oxygen atoms in total. The van der Waals surface area contributed by atoms with E-state index in [9.17, 15) is 8.22 Å². The smallest absolute Gasteiger partial charge is 0.244 e. The molecule has 0 radical (unpaired) electrons. The first-order valence-corrected chi connectivity index (χ1v) is 26.1. The van der Waals surface area contributed by atoms with Crippen LogP contribution in [0.2, 0.25) is 0 Å². The number of ether oxygens (including phenoxy) is 1. The van der Waals surface area contributed by atoms with Crippen LogP contribution in [0.1, 0.15) is 142 Å². The number of pyridine rings is 1. The third-order valence-electron chi connectivity index (χ3n) is 16.4. The van der Waals surface area contributed by atoms with Gasteiger partial charge in [-0.15, -0.1) is 0 Å². The molecule has 0 N–H and O–H groups in total. The van der Waals surface area contributed by atoms with Crippen molar-refractivity contribution >= 4 is 32.8 Å². The van der Waals surface area contributed by atoms with Gasteiger partial charge in [-0.3, -0.25) is 4.57 Å². The SMILES string of the molecule is [2H]c1c([2H])c2c(c([2H])c1-c1cccc(-c3c([2H])c([2H])c4c(c3[2H])C(C)(C)CCC4(C)C)c1-c1cccc3c1[n+](C([2H])([2H])[2H])[c-]n3-c1cccc(Oc3ccc4c5ccccc5n(-c5cc(C(C)(C)C)ccn5)c4c3)c1)C(C)(C)CCC2(C)C. The highest BCUT2D eigenvalue weighted by molar-refractivity contribution is 6.09. The van der Waals surface area contributed by atoms with Crippen molar-refractivity contribution in [2.75, 3.05) is 0 Å². The van der Waals surface area contributed by atoms with Gasteiger partial charge in [0.15, 0.2) is 0 Å². The molecule has 2 aliphatic rings. The number of rotatable bonds is 7. The lowest BCUT2D eigenvalue weighted by Crippen LogP contribution is -2.33. The van der Waals surface area contributed by atoms with Gasteiger partial charge in [0.2, 0.25) is 6.33 Å². The molecule has 3 aromatic heterocycles. The Labute approximate surface area is 451 Å². The van der Waals surface area contributed by atoms with Gasteiger partial charge in [0.1, 0.15) is 17.3 Å². The van der Waals surface area contributed by atoms with Crippen molar-refractivity contribution in [1.29, 1.82) is 0 Å². The number of aryl methyl sites for hydroxylation is 1. The molecule has 0 atom stereocenters. The maximum atomic E-state index is 10.2. The normalized spacial score (nSPS) is 18.5. The van der Waals surface area contributed by atoms with Crippen LogP contribution >= 0.6 is 0 Å². The summed E-state index contributed by atoms with van der Waals surface area (Å²) >= 11 is 0. The van der Waals surface area contributed by atoms with E-state index in [0.29, 0.717) is 67.2 Å². The zero-order chi connectivity index (χ0) is 59.4. The highest BCUT2D eigenvalue weighted by atomic mass is 16.5. The van der Waals surface area contributed by atoms with Gasteiger partial charge in [0.05, 0.1) is 47.1 Å². The van der Waals surface area contributed by atoms with E-state index in [0.717, 1.165) is 63.4 Å². The molecule has 0 aliphatic heterocycles. The minimum absolute atomic E-state index is 0.0382. The number of hydrogen-bond acceptors (Lipinski definition) is 2. The van der Waals surface area contributed by atoms with E-state index >= 15 is 0 Å². The van der Waals surface area contributed by atoms with Gasteiger partial charge in [-0.1, -0.05) is 179 Å². The van der Waals surface area contributed by atoms with E-state index in [1.165, 1.54) is 0 Å². The second kappa shape index (κ2) is 16.9. The number of aromatic nitrogens is 4. The molecular formula is C69H70N4O. The highest BCUT2D eigenvalue weighted by Gasteiger charge is 2.39. The van der Waals surface area contributed by atoms with Crippen LogP contribution in [0.25, 0.3) is 77.7 Å². The average molecular weight is 980 g/mol. The molecule has 0 bridgehead atoms. The topological polar surface area (TPSA) is 35.9 Å². The fourth-order valence-corrected chi connectivity index (χ4v) is 11.8. The van der Waals surface area contributed by atoms with Crippen molar-refractivity contribution in [2.24, 2.45) is 6.98 Å². The van der Waals surface area contributed by atoms with E-state index in [-0.39, 0.29) is 58.3 Å². The van der Waals surface area contributed by atoms with Crippen LogP contribution in [-0.4, -0.2) is 14.1 Å². The second-order valence-electron chi connectivity index (χ2n) is 24.5. The van der Waals surface area contributed by atoms with Gasteiger partial charge in [-0.05, 0) is 156 Å². The van der Waals surface area contributed by atoms with Crippen molar-refractivity contribution in [3.05, 3.63) is 192 Å². The second-order valence-corrected chi connectivity index (χ2v) is 24.5. The predicted molar refractivity (Wildman–Crippen MR) is 308 cm³/mol. The number of benzene rings is 7. The summed E-state index contributed by atoms with van der Waals surface area (Å²) < 4.78 is 99.1. The van der Waals surface area contributed by atoms with Crippen LogP contribution in [-0.2, 0) is 34.1 Å². The van der Waals surface area contributed by atoms with E-state index in [1.54, 1.807) is 10.6 Å². The van der Waals surface area contributed by atoms with Gasteiger partial charge in [0, 0.05) is 23.0 Å². The summed E-state index contributed by atoms with van der Waals surface area (Å²) in [4.78, 5) is 4.86.